The summed E-state index contributed by atoms with van der Waals surface area (Å²) in [5.74, 6) is -1.05. The van der Waals surface area contributed by atoms with Gasteiger partial charge in [-0.2, -0.15) is 0 Å². The van der Waals surface area contributed by atoms with Crippen LogP contribution in [-0.4, -0.2) is 37.2 Å². The Hall–Kier alpha value is -4.45. The summed E-state index contributed by atoms with van der Waals surface area (Å²) in [6, 6.07) is 0. The van der Waals surface area contributed by atoms with Crippen molar-refractivity contribution in [2.45, 2.75) is 187 Å². The van der Waals surface area contributed by atoms with E-state index in [1.54, 1.807) is 0 Å². The third kappa shape index (κ3) is 46.6. The summed E-state index contributed by atoms with van der Waals surface area (Å²) >= 11 is 0. The molecule has 0 amide bonds. The number of rotatable bonds is 41. The monoisotopic (exact) mass is 855 g/mol. The van der Waals surface area contributed by atoms with E-state index in [0.29, 0.717) is 19.3 Å². The highest BCUT2D eigenvalue weighted by molar-refractivity contribution is 5.71. The third-order valence-corrected chi connectivity index (χ3v) is 9.69. The van der Waals surface area contributed by atoms with E-state index < -0.39 is 6.10 Å². The molecule has 0 rings (SSSR count). The van der Waals surface area contributed by atoms with E-state index in [1.165, 1.54) is 70.6 Å². The molecule has 0 heterocycles. The van der Waals surface area contributed by atoms with Gasteiger partial charge in [0.2, 0.25) is 0 Å². The van der Waals surface area contributed by atoms with Gasteiger partial charge < -0.3 is 14.2 Å². The van der Waals surface area contributed by atoms with E-state index in [2.05, 4.69) is 39.0 Å². The SMILES string of the molecule is CC/C=C/C=C/C=C/C=C/C=C/C=C/CCCCCC(=O)OCC(COC(=O)CCC/C=C/C=C/C=C/C=C/C=C/CC)OC(=O)CCCCCCCCCCCCCCCC. The van der Waals surface area contributed by atoms with Gasteiger partial charge in [0.05, 0.1) is 0 Å². The molecule has 0 aromatic rings. The van der Waals surface area contributed by atoms with Crippen molar-refractivity contribution in [1.82, 2.24) is 0 Å². The highest BCUT2D eigenvalue weighted by Crippen LogP contribution is 2.14. The minimum absolute atomic E-state index is 0.127. The second-order valence-electron chi connectivity index (χ2n) is 15.5. The predicted octanol–water partition coefficient (Wildman–Crippen LogP) is 15.9. The van der Waals surface area contributed by atoms with E-state index in [-0.39, 0.29) is 44.0 Å². The molecule has 0 aliphatic heterocycles. The normalized spacial score (nSPS) is 13.3. The van der Waals surface area contributed by atoms with E-state index in [4.69, 9.17) is 14.2 Å². The Balaban J connectivity index is 4.60. The molecular formula is C56H86O6. The predicted molar refractivity (Wildman–Crippen MR) is 265 cm³/mol. The molecule has 6 nitrogen and oxygen atoms in total. The maximum Gasteiger partial charge on any atom is 0.306 e. The maximum absolute atomic E-state index is 12.8. The molecule has 0 saturated carbocycles. The van der Waals surface area contributed by atoms with Crippen molar-refractivity contribution >= 4 is 17.9 Å². The van der Waals surface area contributed by atoms with Crippen molar-refractivity contribution in [2.24, 2.45) is 0 Å². The van der Waals surface area contributed by atoms with Crippen molar-refractivity contribution in [3.05, 3.63) is 134 Å². The van der Waals surface area contributed by atoms with E-state index >= 15 is 0 Å². The molecule has 0 aliphatic carbocycles. The Morgan fingerprint density at radius 2 is 0.645 bits per heavy atom. The molecule has 0 aromatic carbocycles. The molecule has 0 fully saturated rings. The Kier molecular flexibility index (Phi) is 45.7. The van der Waals surface area contributed by atoms with Crippen molar-refractivity contribution in [3.63, 3.8) is 0 Å². The summed E-state index contributed by atoms with van der Waals surface area (Å²) in [6.07, 6.45) is 68.6. The van der Waals surface area contributed by atoms with Gasteiger partial charge in [-0.15, -0.1) is 0 Å². The van der Waals surface area contributed by atoms with Crippen LogP contribution >= 0.6 is 0 Å². The zero-order chi connectivity index (χ0) is 45.1. The number of ether oxygens (including phenoxy) is 3. The summed E-state index contributed by atoms with van der Waals surface area (Å²) in [5.41, 5.74) is 0. The van der Waals surface area contributed by atoms with Crippen LogP contribution in [0, 0.1) is 0 Å². The molecule has 62 heavy (non-hydrogen) atoms. The summed E-state index contributed by atoms with van der Waals surface area (Å²) in [4.78, 5) is 37.9. The second kappa shape index (κ2) is 49.2. The van der Waals surface area contributed by atoms with Crippen LogP contribution in [0.25, 0.3) is 0 Å². The molecule has 346 valence electrons. The fourth-order valence-electron chi connectivity index (χ4n) is 6.09. The molecule has 0 N–H and O–H groups in total. The number of unbranched alkanes of at least 4 members (excludes halogenated alkanes) is 17. The van der Waals surface area contributed by atoms with E-state index in [1.807, 2.05) is 115 Å². The molecule has 0 aliphatic rings. The Morgan fingerprint density at radius 3 is 1.05 bits per heavy atom. The average Bonchev–Trinajstić information content (AvgIpc) is 3.27. The van der Waals surface area contributed by atoms with Crippen LogP contribution in [0.3, 0.4) is 0 Å². The first-order valence-corrected chi connectivity index (χ1v) is 24.3. The molecule has 1 atom stereocenters. The van der Waals surface area contributed by atoms with Crippen LogP contribution in [0.1, 0.15) is 181 Å². The van der Waals surface area contributed by atoms with Crippen LogP contribution < -0.4 is 0 Å². The fourth-order valence-corrected chi connectivity index (χ4v) is 6.09. The first-order chi connectivity index (χ1) is 30.5. The quantitative estimate of drug-likeness (QED) is 0.0264. The molecule has 0 saturated heterocycles. The number of hydrogen-bond donors (Lipinski definition) is 0. The molecule has 0 bridgehead atoms. The summed E-state index contributed by atoms with van der Waals surface area (Å²) in [7, 11) is 0. The average molecular weight is 855 g/mol. The zero-order valence-corrected chi connectivity index (χ0v) is 39.3. The zero-order valence-electron chi connectivity index (χ0n) is 39.3. The van der Waals surface area contributed by atoms with Crippen molar-refractivity contribution in [2.75, 3.05) is 13.2 Å². The smallest absolute Gasteiger partial charge is 0.306 e. The number of esters is 3. The lowest BCUT2D eigenvalue weighted by atomic mass is 10.0. The number of carbonyl (C=O) groups is 3. The summed E-state index contributed by atoms with van der Waals surface area (Å²) < 4.78 is 16.7. The molecule has 0 spiro atoms. The third-order valence-electron chi connectivity index (χ3n) is 9.69. The molecule has 6 heteroatoms. The minimum atomic E-state index is -0.827. The van der Waals surface area contributed by atoms with E-state index in [9.17, 15) is 14.4 Å². The van der Waals surface area contributed by atoms with Gasteiger partial charge in [-0.25, -0.2) is 0 Å². The fraction of sp³-hybridized carbons (Fsp3) is 0.554. The maximum atomic E-state index is 12.8. The molecule has 0 aromatic heterocycles. The number of allylic oxidation sites excluding steroid dienone is 22. The first-order valence-electron chi connectivity index (χ1n) is 24.3. The second-order valence-corrected chi connectivity index (χ2v) is 15.5. The topological polar surface area (TPSA) is 78.9 Å². The van der Waals surface area contributed by atoms with Crippen molar-refractivity contribution in [1.29, 1.82) is 0 Å². The first kappa shape index (κ1) is 57.5. The highest BCUT2D eigenvalue weighted by Gasteiger charge is 2.19. The Bertz CT molecular complexity index is 1400. The standard InChI is InChI=1S/C56H86O6/c1-4-7-10-13-16-19-22-25-27-28-29-32-34-37-40-43-46-49-55(58)61-52-53(51-60-54(57)48-45-42-39-36-33-30-24-21-18-15-12-9-6-3)62-56(59)50-47-44-41-38-35-31-26-23-20-17-14-11-8-5-2/h7,9-10,12-13,15-16,18-19,21-22,24-25,27-30,32-34,36,39,53H,4-6,8,11,14,17,20,23,26,31,35,37-38,40-52H2,1-3H3/b10-7+,12-9+,16-13+,18-15+,22-19+,24-21+,27-25+,29-28+,33-30+,34-32+,39-36+. The lowest BCUT2D eigenvalue weighted by molar-refractivity contribution is -0.167. The van der Waals surface area contributed by atoms with Gasteiger partial charge in [-0.3, -0.25) is 14.4 Å². The van der Waals surface area contributed by atoms with Crippen LogP contribution in [0.15, 0.2) is 134 Å². The number of hydrogen-bond acceptors (Lipinski definition) is 6. The van der Waals surface area contributed by atoms with Crippen molar-refractivity contribution < 1.29 is 28.6 Å². The van der Waals surface area contributed by atoms with Gasteiger partial charge in [0.1, 0.15) is 13.2 Å². The van der Waals surface area contributed by atoms with Gasteiger partial charge in [0.25, 0.3) is 0 Å². The Labute approximate surface area is 379 Å². The van der Waals surface area contributed by atoms with Crippen LogP contribution in [0.2, 0.25) is 0 Å². The van der Waals surface area contributed by atoms with Gasteiger partial charge in [-0.05, 0) is 51.4 Å². The molecular weight excluding hydrogens is 769 g/mol. The van der Waals surface area contributed by atoms with Gasteiger partial charge in [-0.1, -0.05) is 244 Å². The van der Waals surface area contributed by atoms with Gasteiger partial charge in [0, 0.05) is 19.3 Å². The minimum Gasteiger partial charge on any atom is -0.462 e. The Morgan fingerprint density at radius 1 is 0.339 bits per heavy atom. The summed E-state index contributed by atoms with van der Waals surface area (Å²) in [5, 5.41) is 0. The van der Waals surface area contributed by atoms with Crippen molar-refractivity contribution in [3.8, 4) is 0 Å². The number of carbonyl (C=O) groups excluding carboxylic acids is 3. The van der Waals surface area contributed by atoms with Crippen LogP contribution in [0.5, 0.6) is 0 Å². The largest absolute Gasteiger partial charge is 0.462 e. The van der Waals surface area contributed by atoms with E-state index in [0.717, 1.165) is 57.8 Å². The highest BCUT2D eigenvalue weighted by atomic mass is 16.6. The van der Waals surface area contributed by atoms with Crippen LogP contribution in [-0.2, 0) is 28.6 Å². The lowest BCUT2D eigenvalue weighted by Gasteiger charge is -2.18. The molecule has 0 radical (unpaired) electrons. The summed E-state index contributed by atoms with van der Waals surface area (Å²) in [6.45, 7) is 6.22. The molecule has 1 unspecified atom stereocenters. The lowest BCUT2D eigenvalue weighted by Crippen LogP contribution is -2.30. The van der Waals surface area contributed by atoms with Gasteiger partial charge in [0.15, 0.2) is 6.10 Å². The van der Waals surface area contributed by atoms with Gasteiger partial charge >= 0.3 is 17.9 Å². The van der Waals surface area contributed by atoms with Crippen LogP contribution in [0.4, 0.5) is 0 Å².